The molecular weight excluding hydrogens is 526 g/mol. The van der Waals surface area contributed by atoms with E-state index in [4.69, 9.17) is 11.6 Å². The van der Waals surface area contributed by atoms with Crippen LogP contribution < -0.4 is 20.3 Å². The van der Waals surface area contributed by atoms with E-state index in [1.54, 1.807) is 0 Å². The average Bonchev–Trinajstić information content (AvgIpc) is 3.02. The fourth-order valence-electron chi connectivity index (χ4n) is 4.57. The third-order valence-corrected chi connectivity index (χ3v) is 8.72. The number of rotatable bonds is 7. The number of hydrogen-bond acceptors (Lipinski definition) is 9. The van der Waals surface area contributed by atoms with Crippen molar-refractivity contribution in [3.05, 3.63) is 35.0 Å². The van der Waals surface area contributed by atoms with Gasteiger partial charge >= 0.3 is 0 Å². The van der Waals surface area contributed by atoms with Crippen molar-refractivity contribution in [2.45, 2.75) is 44.3 Å². The van der Waals surface area contributed by atoms with E-state index in [0.717, 1.165) is 48.9 Å². The van der Waals surface area contributed by atoms with Crippen LogP contribution in [-0.2, 0) is 26.6 Å². The second-order valence-corrected chi connectivity index (χ2v) is 13.5. The Kier molecular flexibility index (Phi) is 7.95. The predicted octanol–water partition coefficient (Wildman–Crippen LogP) is 2.36. The molecule has 36 heavy (non-hydrogen) atoms. The van der Waals surface area contributed by atoms with Crippen LogP contribution in [0.3, 0.4) is 0 Å². The van der Waals surface area contributed by atoms with Gasteiger partial charge in [-0.3, -0.25) is 0 Å². The van der Waals surface area contributed by atoms with E-state index in [1.807, 2.05) is 30.1 Å². The highest BCUT2D eigenvalue weighted by Crippen LogP contribution is 2.31. The van der Waals surface area contributed by atoms with Crippen LogP contribution in [0.2, 0.25) is 5.02 Å². The minimum absolute atomic E-state index is 0.145. The van der Waals surface area contributed by atoms with Crippen LogP contribution in [0.25, 0.3) is 0 Å². The molecule has 4 rings (SSSR count). The van der Waals surface area contributed by atoms with Gasteiger partial charge in [0.15, 0.2) is 5.82 Å². The molecule has 1 aliphatic carbocycles. The van der Waals surface area contributed by atoms with E-state index in [1.165, 1.54) is 16.8 Å². The van der Waals surface area contributed by atoms with E-state index < -0.39 is 20.0 Å². The number of hydrogen-bond donors (Lipinski definition) is 3. The Hall–Kier alpha value is -2.19. The first kappa shape index (κ1) is 26.9. The smallest absolute Gasteiger partial charge is 0.231 e. The van der Waals surface area contributed by atoms with Gasteiger partial charge in [0.25, 0.3) is 0 Å². The summed E-state index contributed by atoms with van der Waals surface area (Å²) in [4.78, 5) is 10.8. The van der Waals surface area contributed by atoms with Crippen LogP contribution in [0.4, 0.5) is 23.1 Å². The summed E-state index contributed by atoms with van der Waals surface area (Å²) in [6.45, 7) is 1.20. The third-order valence-electron chi connectivity index (χ3n) is 6.46. The molecule has 0 saturated heterocycles. The van der Waals surface area contributed by atoms with E-state index in [2.05, 4.69) is 25.3 Å². The van der Waals surface area contributed by atoms with Gasteiger partial charge in [0.05, 0.1) is 18.7 Å². The second kappa shape index (κ2) is 10.7. The molecule has 0 unspecified atom stereocenters. The van der Waals surface area contributed by atoms with Gasteiger partial charge in [0.2, 0.25) is 26.0 Å². The summed E-state index contributed by atoms with van der Waals surface area (Å²) in [7, 11) is -4.80. The molecule has 0 spiro atoms. The first-order valence-electron chi connectivity index (χ1n) is 11.7. The van der Waals surface area contributed by atoms with Crippen molar-refractivity contribution < 1.29 is 16.8 Å². The lowest BCUT2D eigenvalue weighted by Gasteiger charge is -2.33. The number of halogens is 1. The monoisotopic (exact) mass is 557 g/mol. The average molecular weight is 558 g/mol. The van der Waals surface area contributed by atoms with Gasteiger partial charge < -0.3 is 15.5 Å². The summed E-state index contributed by atoms with van der Waals surface area (Å²) < 4.78 is 51.9. The number of aromatic nitrogens is 2. The van der Waals surface area contributed by atoms with E-state index >= 15 is 0 Å². The minimum atomic E-state index is -3.34. The number of anilines is 4. The SMILES string of the molecule is CN(c1ccc2c(c1)NCCN(S(C)(=O)=O)C2)c1ncc(Cl)c(N[C@@H]2CCCC[C@H]2NS(C)(=O)=O)n1. The number of fused-ring (bicyclic) bond motifs is 1. The van der Waals surface area contributed by atoms with Gasteiger partial charge in [-0.1, -0.05) is 30.5 Å². The molecule has 11 nitrogen and oxygen atoms in total. The molecule has 2 heterocycles. The molecule has 1 aliphatic heterocycles. The number of nitrogens with one attached hydrogen (secondary N) is 3. The summed E-state index contributed by atoms with van der Waals surface area (Å²) in [6, 6.07) is 5.34. The summed E-state index contributed by atoms with van der Waals surface area (Å²) >= 11 is 6.40. The molecule has 1 aromatic heterocycles. The minimum Gasteiger partial charge on any atom is -0.383 e. The second-order valence-electron chi connectivity index (χ2n) is 9.32. The molecule has 2 atom stereocenters. The van der Waals surface area contributed by atoms with Crippen LogP contribution in [0, 0.1) is 0 Å². The molecule has 2 aromatic rings. The molecule has 198 valence electrons. The molecule has 3 N–H and O–H groups in total. The van der Waals surface area contributed by atoms with Gasteiger partial charge in [0.1, 0.15) is 5.02 Å². The zero-order valence-corrected chi connectivity index (χ0v) is 22.9. The number of sulfonamides is 2. The Bertz CT molecular complexity index is 1320. The zero-order chi connectivity index (χ0) is 26.1. The van der Waals surface area contributed by atoms with Crippen LogP contribution in [0.5, 0.6) is 0 Å². The van der Waals surface area contributed by atoms with E-state index in [-0.39, 0.29) is 12.1 Å². The van der Waals surface area contributed by atoms with Crippen LogP contribution >= 0.6 is 11.6 Å². The Morgan fingerprint density at radius 1 is 1.14 bits per heavy atom. The van der Waals surface area contributed by atoms with Crippen molar-refractivity contribution in [2.24, 2.45) is 0 Å². The van der Waals surface area contributed by atoms with Crippen molar-refractivity contribution in [1.29, 1.82) is 0 Å². The molecule has 1 aromatic carbocycles. The summed E-state index contributed by atoms with van der Waals surface area (Å²) in [5.41, 5.74) is 2.56. The lowest BCUT2D eigenvalue weighted by atomic mass is 9.91. The third kappa shape index (κ3) is 6.57. The van der Waals surface area contributed by atoms with E-state index in [0.29, 0.717) is 36.4 Å². The Labute approximate surface area is 217 Å². The first-order chi connectivity index (χ1) is 16.9. The first-order valence-corrected chi connectivity index (χ1v) is 15.8. The lowest BCUT2D eigenvalue weighted by molar-refractivity contribution is 0.379. The largest absolute Gasteiger partial charge is 0.383 e. The maximum atomic E-state index is 12.0. The summed E-state index contributed by atoms with van der Waals surface area (Å²) in [5.74, 6) is 0.856. The highest BCUT2D eigenvalue weighted by molar-refractivity contribution is 7.88. The van der Waals surface area contributed by atoms with Crippen LogP contribution in [-0.4, -0.2) is 75.8 Å². The zero-order valence-electron chi connectivity index (χ0n) is 20.5. The van der Waals surface area contributed by atoms with Gasteiger partial charge in [-0.05, 0) is 30.5 Å². The molecule has 14 heteroatoms. The van der Waals surface area contributed by atoms with Gasteiger partial charge in [-0.25, -0.2) is 26.5 Å². The van der Waals surface area contributed by atoms with Crippen molar-refractivity contribution in [1.82, 2.24) is 19.0 Å². The Morgan fingerprint density at radius 3 is 2.56 bits per heavy atom. The van der Waals surface area contributed by atoms with Crippen molar-refractivity contribution in [2.75, 3.05) is 48.2 Å². The van der Waals surface area contributed by atoms with Crippen molar-refractivity contribution >= 4 is 54.8 Å². The Morgan fingerprint density at radius 2 is 1.86 bits per heavy atom. The van der Waals surface area contributed by atoms with Crippen LogP contribution in [0.15, 0.2) is 24.4 Å². The lowest BCUT2D eigenvalue weighted by Crippen LogP contribution is -2.48. The Balaban J connectivity index is 1.55. The highest BCUT2D eigenvalue weighted by atomic mass is 35.5. The molecule has 0 radical (unpaired) electrons. The van der Waals surface area contributed by atoms with Crippen LogP contribution in [0.1, 0.15) is 31.2 Å². The number of benzene rings is 1. The fourth-order valence-corrected chi connectivity index (χ4v) is 6.35. The highest BCUT2D eigenvalue weighted by Gasteiger charge is 2.28. The van der Waals surface area contributed by atoms with Gasteiger partial charge in [0, 0.05) is 50.1 Å². The molecule has 2 aliphatic rings. The summed E-state index contributed by atoms with van der Waals surface area (Å²) in [6.07, 6.45) is 7.36. The van der Waals surface area contributed by atoms with Gasteiger partial charge in [-0.15, -0.1) is 0 Å². The molecule has 0 amide bonds. The maximum Gasteiger partial charge on any atom is 0.231 e. The number of nitrogens with zero attached hydrogens (tertiary/aromatic N) is 4. The van der Waals surface area contributed by atoms with E-state index in [9.17, 15) is 16.8 Å². The topological polar surface area (TPSA) is 137 Å². The molecular formula is C22H32ClN7O4S2. The molecule has 0 bridgehead atoms. The fraction of sp³-hybridized carbons (Fsp3) is 0.545. The van der Waals surface area contributed by atoms with Crippen molar-refractivity contribution in [3.8, 4) is 0 Å². The standard InChI is InChI=1S/C22H32ClN7O4S2/c1-29(16-9-8-15-14-30(36(3,33)34)11-10-24-20(15)12-16)22-25-13-17(23)21(27-22)26-18-6-4-5-7-19(18)28-35(2,31)32/h8-9,12-13,18-19,24,28H,4-7,10-11,14H2,1-3H3,(H,25,26,27)/t18-,19-/m1/s1. The van der Waals surface area contributed by atoms with Gasteiger partial charge in [-0.2, -0.15) is 9.29 Å². The maximum absolute atomic E-state index is 12.0. The molecule has 1 fully saturated rings. The molecule has 1 saturated carbocycles. The predicted molar refractivity (Wildman–Crippen MR) is 143 cm³/mol. The quantitative estimate of drug-likeness (QED) is 0.468. The summed E-state index contributed by atoms with van der Waals surface area (Å²) in [5, 5.41) is 6.99. The normalized spacial score (nSPS) is 21.2. The van der Waals surface area contributed by atoms with Crippen molar-refractivity contribution in [3.63, 3.8) is 0 Å².